The molecule has 0 saturated carbocycles. The number of carbonyl (C=O) groups is 1. The number of aliphatic hydroxyl groups is 1. The molecule has 5 rings (SSSR count). The smallest absolute Gasteiger partial charge is 0.246 e. The Hall–Kier alpha value is -4.36. The highest BCUT2D eigenvalue weighted by molar-refractivity contribution is 5.90. The topological polar surface area (TPSA) is 127 Å². The summed E-state index contributed by atoms with van der Waals surface area (Å²) < 4.78 is 40.7. The Morgan fingerprint density at radius 1 is 1.23 bits per heavy atom. The predicted octanol–water partition coefficient (Wildman–Crippen LogP) is 4.50. The molecule has 0 aliphatic carbocycles. The van der Waals surface area contributed by atoms with Crippen LogP contribution in [0.1, 0.15) is 33.1 Å². The molecule has 1 saturated heterocycles. The molecule has 2 aromatic carbocycles. The fraction of sp³-hybridized carbons (Fsp3) is 0.400. The molecule has 1 amide bonds. The summed E-state index contributed by atoms with van der Waals surface area (Å²) in [5, 5.41) is 19.8. The van der Waals surface area contributed by atoms with E-state index in [0.29, 0.717) is 35.3 Å². The molecule has 0 spiro atoms. The van der Waals surface area contributed by atoms with E-state index in [1.165, 1.54) is 23.0 Å². The summed E-state index contributed by atoms with van der Waals surface area (Å²) in [5.41, 5.74) is 0.902. The van der Waals surface area contributed by atoms with Gasteiger partial charge >= 0.3 is 0 Å². The van der Waals surface area contributed by atoms with Crippen LogP contribution in [0, 0.1) is 11.6 Å². The number of hydrogen-bond acceptors (Lipinski definition) is 9. The number of nitrogens with zero attached hydrogens (tertiary/aromatic N) is 5. The second-order valence-electron chi connectivity index (χ2n) is 10.6. The van der Waals surface area contributed by atoms with Gasteiger partial charge in [-0.3, -0.25) is 14.4 Å². The van der Waals surface area contributed by atoms with Gasteiger partial charge in [0.1, 0.15) is 18.0 Å². The zero-order valence-electron chi connectivity index (χ0n) is 24.1. The van der Waals surface area contributed by atoms with E-state index in [4.69, 9.17) is 9.47 Å². The number of carbonyl (C=O) groups excluding carboxylic acids is 1. The molecule has 1 fully saturated rings. The van der Waals surface area contributed by atoms with Gasteiger partial charge in [0, 0.05) is 37.1 Å². The van der Waals surface area contributed by atoms with E-state index in [1.54, 1.807) is 12.4 Å². The van der Waals surface area contributed by atoms with Gasteiger partial charge in [-0.05, 0) is 51.8 Å². The van der Waals surface area contributed by atoms with E-state index in [1.807, 2.05) is 26.0 Å². The van der Waals surface area contributed by atoms with E-state index in [0.717, 1.165) is 43.8 Å². The third kappa shape index (κ3) is 7.73. The van der Waals surface area contributed by atoms with Crippen LogP contribution in [-0.2, 0) is 11.3 Å². The standard InChI is InChI=1S/C30H35F2N7O4/c1-19(2)43-27-13-22(42-11-5-10-38-9-4-6-21(38)18-40)12-26-23(27)15-33-30(37-26)35-20-14-34-39(16-20)17-28(41)36-25-8-3-7-24(31)29(25)32/h3,7-8,12-16,19,21,40H,4-6,9-11,17-18H2,1-2H3,(H,36,41)(H,33,35,37)/t21-/m0/s1. The van der Waals surface area contributed by atoms with E-state index >= 15 is 0 Å². The fourth-order valence-corrected chi connectivity index (χ4v) is 5.01. The summed E-state index contributed by atoms with van der Waals surface area (Å²) in [6, 6.07) is 7.48. The number of halogens is 2. The molecule has 2 aromatic heterocycles. The Morgan fingerprint density at radius 3 is 2.91 bits per heavy atom. The van der Waals surface area contributed by atoms with Crippen LogP contribution < -0.4 is 20.1 Å². The number of amides is 1. The highest BCUT2D eigenvalue weighted by Gasteiger charge is 2.23. The molecule has 228 valence electrons. The highest BCUT2D eigenvalue weighted by atomic mass is 19.2. The van der Waals surface area contributed by atoms with Crippen LogP contribution in [0.2, 0.25) is 0 Å². The van der Waals surface area contributed by atoms with Crippen molar-refractivity contribution in [2.75, 3.05) is 36.9 Å². The highest BCUT2D eigenvalue weighted by Crippen LogP contribution is 2.32. The summed E-state index contributed by atoms with van der Waals surface area (Å²) in [4.78, 5) is 23.7. The van der Waals surface area contributed by atoms with Gasteiger partial charge in [-0.25, -0.2) is 18.7 Å². The number of anilines is 3. The maximum Gasteiger partial charge on any atom is 0.246 e. The molecule has 0 unspecified atom stereocenters. The van der Waals surface area contributed by atoms with Crippen molar-refractivity contribution < 1.29 is 28.2 Å². The Kier molecular flexibility index (Phi) is 9.62. The number of aromatic nitrogens is 4. The van der Waals surface area contributed by atoms with Gasteiger partial charge in [-0.15, -0.1) is 0 Å². The first-order valence-electron chi connectivity index (χ1n) is 14.3. The van der Waals surface area contributed by atoms with Crippen LogP contribution >= 0.6 is 0 Å². The molecule has 3 heterocycles. The van der Waals surface area contributed by atoms with Gasteiger partial charge in [0.25, 0.3) is 0 Å². The quantitative estimate of drug-likeness (QED) is 0.192. The van der Waals surface area contributed by atoms with Gasteiger partial charge in [0.2, 0.25) is 11.9 Å². The molecule has 43 heavy (non-hydrogen) atoms. The number of nitrogens with one attached hydrogen (secondary N) is 2. The van der Waals surface area contributed by atoms with Crippen LogP contribution in [0.25, 0.3) is 10.9 Å². The number of benzene rings is 2. The Labute approximate surface area is 247 Å². The predicted molar refractivity (Wildman–Crippen MR) is 158 cm³/mol. The van der Waals surface area contributed by atoms with Crippen LogP contribution in [0.15, 0.2) is 48.9 Å². The molecule has 3 N–H and O–H groups in total. The first kappa shape index (κ1) is 30.1. The Morgan fingerprint density at radius 2 is 2.09 bits per heavy atom. The Bertz CT molecular complexity index is 1570. The molecule has 13 heteroatoms. The van der Waals surface area contributed by atoms with Crippen molar-refractivity contribution in [2.45, 2.75) is 51.8 Å². The van der Waals surface area contributed by atoms with E-state index < -0.39 is 17.5 Å². The minimum Gasteiger partial charge on any atom is -0.493 e. The molecule has 0 bridgehead atoms. The van der Waals surface area contributed by atoms with E-state index in [-0.39, 0.29) is 31.0 Å². The second-order valence-corrected chi connectivity index (χ2v) is 10.6. The van der Waals surface area contributed by atoms with E-state index in [9.17, 15) is 18.7 Å². The lowest BCUT2D eigenvalue weighted by atomic mass is 10.2. The monoisotopic (exact) mass is 595 g/mol. The summed E-state index contributed by atoms with van der Waals surface area (Å²) in [6.45, 7) is 6.22. The zero-order chi connectivity index (χ0) is 30.3. The maximum absolute atomic E-state index is 13.9. The lowest BCUT2D eigenvalue weighted by molar-refractivity contribution is -0.116. The molecular weight excluding hydrogens is 560 g/mol. The van der Waals surface area contributed by atoms with Gasteiger partial charge < -0.3 is 25.2 Å². The fourth-order valence-electron chi connectivity index (χ4n) is 5.01. The first-order valence-corrected chi connectivity index (χ1v) is 14.3. The van der Waals surface area contributed by atoms with E-state index in [2.05, 4.69) is 30.6 Å². The first-order chi connectivity index (χ1) is 20.8. The summed E-state index contributed by atoms with van der Waals surface area (Å²) >= 11 is 0. The minimum atomic E-state index is -1.12. The maximum atomic E-state index is 13.9. The summed E-state index contributed by atoms with van der Waals surface area (Å²) in [7, 11) is 0. The number of hydrogen-bond donors (Lipinski definition) is 3. The number of likely N-dealkylation sites (tertiary alicyclic amines) is 1. The van der Waals surface area contributed by atoms with Crippen LogP contribution in [0.5, 0.6) is 11.5 Å². The molecule has 1 aliphatic rings. The largest absolute Gasteiger partial charge is 0.493 e. The van der Waals surface area contributed by atoms with Gasteiger partial charge in [-0.1, -0.05) is 6.07 Å². The van der Waals surface area contributed by atoms with Crippen molar-refractivity contribution >= 4 is 34.1 Å². The normalized spacial score (nSPS) is 15.3. The van der Waals surface area contributed by atoms with Crippen LogP contribution in [-0.4, -0.2) is 74.1 Å². The van der Waals surface area contributed by atoms with Crippen molar-refractivity contribution in [3.63, 3.8) is 0 Å². The number of rotatable bonds is 13. The third-order valence-electron chi connectivity index (χ3n) is 6.99. The number of ether oxygens (including phenoxy) is 2. The molecule has 1 atom stereocenters. The Balaban J connectivity index is 1.24. The molecule has 11 nitrogen and oxygen atoms in total. The van der Waals surface area contributed by atoms with Gasteiger partial charge in [-0.2, -0.15) is 5.10 Å². The van der Waals surface area contributed by atoms with Crippen molar-refractivity contribution in [3.8, 4) is 11.5 Å². The lowest BCUT2D eigenvalue weighted by Gasteiger charge is -2.22. The zero-order valence-corrected chi connectivity index (χ0v) is 24.1. The van der Waals surface area contributed by atoms with Crippen molar-refractivity contribution in [1.82, 2.24) is 24.6 Å². The number of fused-ring (bicyclic) bond motifs is 1. The average Bonchev–Trinajstić information content (AvgIpc) is 3.62. The average molecular weight is 596 g/mol. The molecule has 4 aromatic rings. The van der Waals surface area contributed by atoms with Crippen LogP contribution in [0.4, 0.5) is 26.1 Å². The summed E-state index contributed by atoms with van der Waals surface area (Å²) in [5.74, 6) is -1.20. The van der Waals surface area contributed by atoms with Crippen LogP contribution in [0.3, 0.4) is 0 Å². The lowest BCUT2D eigenvalue weighted by Crippen LogP contribution is -2.33. The minimum absolute atomic E-state index is 0.0673. The molecular formula is C30H35F2N7O4. The van der Waals surface area contributed by atoms with Crippen molar-refractivity contribution in [3.05, 3.63) is 60.6 Å². The van der Waals surface area contributed by atoms with Gasteiger partial charge in [0.05, 0.1) is 47.8 Å². The SMILES string of the molecule is CC(C)Oc1cc(OCCCN2CCC[C@H]2CO)cc2nc(Nc3cnn(CC(=O)Nc4cccc(F)c4F)c3)ncc12. The summed E-state index contributed by atoms with van der Waals surface area (Å²) in [6.07, 6.45) is 7.63. The molecule has 0 radical (unpaired) electrons. The molecule has 1 aliphatic heterocycles. The van der Waals surface area contributed by atoms with Crippen molar-refractivity contribution in [1.29, 1.82) is 0 Å². The number of aliphatic hydroxyl groups excluding tert-OH is 1. The van der Waals surface area contributed by atoms with Gasteiger partial charge in [0.15, 0.2) is 11.6 Å². The van der Waals surface area contributed by atoms with Crippen molar-refractivity contribution in [2.24, 2.45) is 0 Å². The second kappa shape index (κ2) is 13.7. The third-order valence-corrected chi connectivity index (χ3v) is 6.99.